The zero-order valence-corrected chi connectivity index (χ0v) is 23.7. The maximum atomic E-state index is 15.1. The van der Waals surface area contributed by atoms with Crippen LogP contribution in [0.5, 0.6) is 0 Å². The first kappa shape index (κ1) is 30.1. The topological polar surface area (TPSA) is 18.5 Å². The van der Waals surface area contributed by atoms with Gasteiger partial charge in [0.05, 0.1) is 13.2 Å². The molecule has 214 valence electrons. The molecule has 1 aliphatic heterocycles. The largest absolute Gasteiger partial charge is 0.352 e. The lowest BCUT2D eigenvalue weighted by Gasteiger charge is -2.29. The molecule has 1 heterocycles. The van der Waals surface area contributed by atoms with E-state index >= 15 is 4.39 Å². The van der Waals surface area contributed by atoms with Crippen molar-refractivity contribution in [2.75, 3.05) is 13.2 Å². The van der Waals surface area contributed by atoms with Gasteiger partial charge in [0.15, 0.2) is 17.9 Å². The Morgan fingerprint density at radius 2 is 1.45 bits per heavy atom. The highest BCUT2D eigenvalue weighted by Crippen LogP contribution is 2.32. The lowest BCUT2D eigenvalue weighted by molar-refractivity contribution is -0.189. The summed E-state index contributed by atoms with van der Waals surface area (Å²) in [6, 6.07) is 15.7. The highest BCUT2D eigenvalue weighted by molar-refractivity contribution is 5.71. The van der Waals surface area contributed by atoms with Crippen LogP contribution in [0.3, 0.4) is 0 Å². The quantitative estimate of drug-likeness (QED) is 0.156. The summed E-state index contributed by atoms with van der Waals surface area (Å²) >= 11 is 0. The van der Waals surface area contributed by atoms with E-state index in [1.165, 1.54) is 25.3 Å². The molecule has 4 rings (SSSR count). The molecule has 40 heavy (non-hydrogen) atoms. The van der Waals surface area contributed by atoms with Crippen LogP contribution in [0.15, 0.2) is 66.7 Å². The van der Waals surface area contributed by atoms with E-state index in [-0.39, 0.29) is 23.6 Å². The van der Waals surface area contributed by atoms with Gasteiger partial charge >= 0.3 is 0 Å². The van der Waals surface area contributed by atoms with E-state index in [0.29, 0.717) is 36.3 Å². The standard InChI is InChI=1S/C35H41F3O2/c1-3-5-7-8-9-11-12-27-18-21-31(35(38)34(27)37)26-16-14-25(15-17-26)28-19-20-30(32(36)22-28)29-23-39-33(40-24-29)13-10-6-4-2/h4,6,14-22,29,33H,3,5,7-13,23-24H2,1-2H3. The van der Waals surface area contributed by atoms with Crippen LogP contribution in [-0.2, 0) is 15.9 Å². The third kappa shape index (κ3) is 7.86. The van der Waals surface area contributed by atoms with Crippen LogP contribution in [0.2, 0.25) is 0 Å². The highest BCUT2D eigenvalue weighted by Gasteiger charge is 2.25. The molecule has 2 nitrogen and oxygen atoms in total. The van der Waals surface area contributed by atoms with Crippen LogP contribution < -0.4 is 0 Å². The zero-order chi connectivity index (χ0) is 28.3. The second-order valence-corrected chi connectivity index (χ2v) is 10.7. The Hall–Kier alpha value is -2.89. The maximum absolute atomic E-state index is 15.1. The fourth-order valence-corrected chi connectivity index (χ4v) is 5.27. The van der Waals surface area contributed by atoms with Crippen molar-refractivity contribution >= 4 is 0 Å². The predicted molar refractivity (Wildman–Crippen MR) is 157 cm³/mol. The van der Waals surface area contributed by atoms with Gasteiger partial charge in [0, 0.05) is 17.9 Å². The summed E-state index contributed by atoms with van der Waals surface area (Å²) in [7, 11) is 0. The summed E-state index contributed by atoms with van der Waals surface area (Å²) in [5.41, 5.74) is 3.35. The van der Waals surface area contributed by atoms with Gasteiger partial charge < -0.3 is 9.47 Å². The summed E-state index contributed by atoms with van der Waals surface area (Å²) < 4.78 is 56.5. The lowest BCUT2D eigenvalue weighted by atomic mass is 9.94. The number of rotatable bonds is 13. The lowest BCUT2D eigenvalue weighted by Crippen LogP contribution is -2.31. The SMILES string of the molecule is CC=CCCC1OCC(c2ccc(-c3ccc(-c4ccc(CCCCCCCC)c(F)c4F)cc3)cc2F)CO1. The van der Waals surface area contributed by atoms with Crippen molar-refractivity contribution in [3.8, 4) is 22.3 Å². The first-order chi connectivity index (χ1) is 19.5. The summed E-state index contributed by atoms with van der Waals surface area (Å²) in [6.45, 7) is 5.00. The predicted octanol–water partition coefficient (Wildman–Crippen LogP) is 10.2. The molecule has 1 fully saturated rings. The van der Waals surface area contributed by atoms with Crippen LogP contribution in [0.25, 0.3) is 22.3 Å². The molecule has 0 unspecified atom stereocenters. The zero-order valence-electron chi connectivity index (χ0n) is 23.7. The number of allylic oxidation sites excluding steroid dienone is 2. The molecule has 0 atom stereocenters. The van der Waals surface area contributed by atoms with Gasteiger partial charge in [-0.15, -0.1) is 0 Å². The second kappa shape index (κ2) is 15.2. The Bertz CT molecular complexity index is 1240. The molecular weight excluding hydrogens is 509 g/mol. The molecule has 0 saturated carbocycles. The van der Waals surface area contributed by atoms with Crippen LogP contribution in [0, 0.1) is 17.5 Å². The van der Waals surface area contributed by atoms with Crippen molar-refractivity contribution in [3.05, 3.63) is 95.3 Å². The van der Waals surface area contributed by atoms with Gasteiger partial charge in [-0.05, 0) is 60.1 Å². The molecule has 3 aromatic rings. The van der Waals surface area contributed by atoms with Gasteiger partial charge in [-0.2, -0.15) is 0 Å². The third-order valence-corrected chi connectivity index (χ3v) is 7.70. The Morgan fingerprint density at radius 1 is 0.775 bits per heavy atom. The minimum atomic E-state index is -0.812. The molecule has 5 heteroatoms. The Morgan fingerprint density at radius 3 is 2.15 bits per heavy atom. The first-order valence-electron chi connectivity index (χ1n) is 14.7. The fourth-order valence-electron chi connectivity index (χ4n) is 5.27. The van der Waals surface area contributed by atoms with E-state index in [4.69, 9.17) is 9.47 Å². The van der Waals surface area contributed by atoms with Gasteiger partial charge in [-0.25, -0.2) is 13.2 Å². The Balaban J connectivity index is 1.37. The van der Waals surface area contributed by atoms with Gasteiger partial charge in [-0.3, -0.25) is 0 Å². The molecule has 0 spiro atoms. The van der Waals surface area contributed by atoms with Gasteiger partial charge in [0.2, 0.25) is 0 Å². The average molecular weight is 551 g/mol. The molecule has 1 aliphatic rings. The number of unbranched alkanes of at least 4 members (excludes halogenated alkanes) is 5. The van der Waals surface area contributed by atoms with Crippen molar-refractivity contribution in [2.45, 2.75) is 83.8 Å². The molecule has 1 saturated heterocycles. The van der Waals surface area contributed by atoms with Crippen molar-refractivity contribution < 1.29 is 22.6 Å². The van der Waals surface area contributed by atoms with Crippen molar-refractivity contribution in [1.82, 2.24) is 0 Å². The molecule has 0 aromatic heterocycles. The van der Waals surface area contributed by atoms with E-state index in [1.54, 1.807) is 30.3 Å². The van der Waals surface area contributed by atoms with Crippen LogP contribution in [0.4, 0.5) is 13.2 Å². The summed E-state index contributed by atoms with van der Waals surface area (Å²) in [6.07, 6.45) is 12.7. The van der Waals surface area contributed by atoms with Gasteiger partial charge in [0.25, 0.3) is 0 Å². The number of hydrogen-bond acceptors (Lipinski definition) is 2. The monoisotopic (exact) mass is 550 g/mol. The minimum absolute atomic E-state index is 0.156. The smallest absolute Gasteiger partial charge is 0.166 e. The molecule has 0 aliphatic carbocycles. The van der Waals surface area contributed by atoms with Crippen LogP contribution in [0.1, 0.15) is 82.3 Å². The van der Waals surface area contributed by atoms with E-state index in [0.717, 1.165) is 43.2 Å². The minimum Gasteiger partial charge on any atom is -0.352 e. The Labute approximate surface area is 237 Å². The number of hydrogen-bond donors (Lipinski definition) is 0. The van der Waals surface area contributed by atoms with E-state index in [1.807, 2.05) is 31.2 Å². The summed E-state index contributed by atoms with van der Waals surface area (Å²) in [4.78, 5) is 0. The fraction of sp³-hybridized carbons (Fsp3) is 0.429. The van der Waals surface area contributed by atoms with Crippen molar-refractivity contribution in [3.63, 3.8) is 0 Å². The number of aryl methyl sites for hydroxylation is 1. The molecule has 3 aromatic carbocycles. The van der Waals surface area contributed by atoms with Crippen molar-refractivity contribution in [1.29, 1.82) is 0 Å². The highest BCUT2D eigenvalue weighted by atomic mass is 19.2. The van der Waals surface area contributed by atoms with E-state index in [9.17, 15) is 8.78 Å². The second-order valence-electron chi connectivity index (χ2n) is 10.7. The molecular formula is C35H41F3O2. The maximum Gasteiger partial charge on any atom is 0.166 e. The van der Waals surface area contributed by atoms with Crippen LogP contribution >= 0.6 is 0 Å². The third-order valence-electron chi connectivity index (χ3n) is 7.70. The molecule has 0 radical (unpaired) electrons. The van der Waals surface area contributed by atoms with Crippen LogP contribution in [-0.4, -0.2) is 19.5 Å². The molecule has 0 bridgehead atoms. The molecule has 0 amide bonds. The summed E-state index contributed by atoms with van der Waals surface area (Å²) in [5, 5.41) is 0. The molecule has 0 N–H and O–H groups in total. The number of benzene rings is 3. The average Bonchev–Trinajstić information content (AvgIpc) is 2.98. The van der Waals surface area contributed by atoms with E-state index in [2.05, 4.69) is 13.0 Å². The first-order valence-corrected chi connectivity index (χ1v) is 14.7. The summed E-state index contributed by atoms with van der Waals surface area (Å²) in [5.74, 6) is -2.03. The number of ether oxygens (including phenoxy) is 2. The van der Waals surface area contributed by atoms with E-state index < -0.39 is 11.6 Å². The Kier molecular flexibility index (Phi) is 11.4. The van der Waals surface area contributed by atoms with Crippen molar-refractivity contribution in [2.24, 2.45) is 0 Å². The van der Waals surface area contributed by atoms with Gasteiger partial charge in [0.1, 0.15) is 5.82 Å². The normalized spacial score (nSPS) is 17.5. The van der Waals surface area contributed by atoms with Gasteiger partial charge in [-0.1, -0.05) is 99.7 Å². The number of halogens is 3.